The van der Waals surface area contributed by atoms with Gasteiger partial charge in [0.2, 0.25) is 0 Å². The highest BCUT2D eigenvalue weighted by Gasteiger charge is 2.27. The number of aromatic nitrogens is 2. The standard InChI is InChI=1S/C22H21N5O4/c1-13-10-27(11-14(2)30-13)18-7-19-20(25-17(18)12-28)21(26-31-19)22(29)24-9-16-5-3-15(8-23)4-6-16/h3-7,12-14H,9-11H2,1-2H3,(H,24,29)/t13-,14+. The molecule has 3 aromatic rings. The number of benzene rings is 1. The smallest absolute Gasteiger partial charge is 0.276 e. The Kier molecular flexibility index (Phi) is 5.64. The summed E-state index contributed by atoms with van der Waals surface area (Å²) >= 11 is 0. The largest absolute Gasteiger partial charge is 0.372 e. The highest BCUT2D eigenvalue weighted by molar-refractivity contribution is 6.04. The highest BCUT2D eigenvalue weighted by atomic mass is 16.5. The Morgan fingerprint density at radius 2 is 2.00 bits per heavy atom. The number of nitriles is 1. The van der Waals surface area contributed by atoms with Crippen molar-refractivity contribution < 1.29 is 18.8 Å². The third-order valence-corrected chi connectivity index (χ3v) is 5.08. The summed E-state index contributed by atoms with van der Waals surface area (Å²) in [5.74, 6) is -0.464. The molecule has 2 atom stereocenters. The maximum Gasteiger partial charge on any atom is 0.276 e. The molecule has 1 saturated heterocycles. The van der Waals surface area contributed by atoms with Crippen LogP contribution in [0.15, 0.2) is 34.9 Å². The molecule has 0 aliphatic carbocycles. The summed E-state index contributed by atoms with van der Waals surface area (Å²) in [7, 11) is 0. The van der Waals surface area contributed by atoms with E-state index in [2.05, 4.69) is 15.5 Å². The molecule has 0 radical (unpaired) electrons. The summed E-state index contributed by atoms with van der Waals surface area (Å²) in [6.07, 6.45) is 0.694. The number of nitrogens with one attached hydrogen (secondary N) is 1. The molecule has 0 unspecified atom stereocenters. The number of morpholine rings is 1. The van der Waals surface area contributed by atoms with E-state index in [1.807, 2.05) is 24.8 Å². The van der Waals surface area contributed by atoms with Gasteiger partial charge in [0.25, 0.3) is 5.91 Å². The van der Waals surface area contributed by atoms with Crippen LogP contribution in [0.2, 0.25) is 0 Å². The molecule has 158 valence electrons. The summed E-state index contributed by atoms with van der Waals surface area (Å²) in [5, 5.41) is 15.5. The molecule has 3 heterocycles. The van der Waals surface area contributed by atoms with Gasteiger partial charge in [0.1, 0.15) is 11.2 Å². The average Bonchev–Trinajstić information content (AvgIpc) is 3.19. The first-order valence-corrected chi connectivity index (χ1v) is 9.91. The van der Waals surface area contributed by atoms with E-state index in [4.69, 9.17) is 14.5 Å². The lowest BCUT2D eigenvalue weighted by Crippen LogP contribution is -2.45. The van der Waals surface area contributed by atoms with Crippen LogP contribution in [0.5, 0.6) is 0 Å². The molecule has 1 aliphatic heterocycles. The first-order chi connectivity index (χ1) is 15.0. The Labute approximate surface area is 178 Å². The Morgan fingerprint density at radius 3 is 2.65 bits per heavy atom. The van der Waals surface area contributed by atoms with Crippen molar-refractivity contribution in [2.24, 2.45) is 0 Å². The molecule has 0 saturated carbocycles. The Balaban J connectivity index is 1.57. The van der Waals surface area contributed by atoms with Crippen LogP contribution in [0.4, 0.5) is 5.69 Å². The minimum absolute atomic E-state index is 0.0113. The minimum Gasteiger partial charge on any atom is -0.372 e. The second-order valence-corrected chi connectivity index (χ2v) is 7.54. The molecule has 1 amide bonds. The van der Waals surface area contributed by atoms with Crippen LogP contribution in [-0.4, -0.2) is 47.6 Å². The molecular weight excluding hydrogens is 398 g/mol. The van der Waals surface area contributed by atoms with Crippen LogP contribution in [0, 0.1) is 11.3 Å². The molecular formula is C22H21N5O4. The van der Waals surface area contributed by atoms with Gasteiger partial charge in [-0.15, -0.1) is 0 Å². The number of carbonyl (C=O) groups excluding carboxylic acids is 2. The van der Waals surface area contributed by atoms with Gasteiger partial charge in [-0.25, -0.2) is 4.98 Å². The van der Waals surface area contributed by atoms with E-state index < -0.39 is 5.91 Å². The number of fused-ring (bicyclic) bond motifs is 1. The van der Waals surface area contributed by atoms with Crippen molar-refractivity contribution >= 4 is 29.0 Å². The first-order valence-electron chi connectivity index (χ1n) is 9.91. The van der Waals surface area contributed by atoms with Crippen LogP contribution >= 0.6 is 0 Å². The first kappa shape index (κ1) is 20.5. The van der Waals surface area contributed by atoms with E-state index in [0.29, 0.717) is 36.2 Å². The number of hydrogen-bond donors (Lipinski definition) is 1. The lowest BCUT2D eigenvalue weighted by molar-refractivity contribution is -0.00527. The van der Waals surface area contributed by atoms with E-state index >= 15 is 0 Å². The van der Waals surface area contributed by atoms with Crippen LogP contribution in [0.1, 0.15) is 46.0 Å². The fourth-order valence-corrected chi connectivity index (χ4v) is 3.70. The van der Waals surface area contributed by atoms with Crippen LogP contribution in [-0.2, 0) is 11.3 Å². The summed E-state index contributed by atoms with van der Waals surface area (Å²) in [4.78, 5) is 30.8. The number of ether oxygens (including phenoxy) is 1. The predicted octanol–water partition coefficient (Wildman–Crippen LogP) is 2.45. The Morgan fingerprint density at radius 1 is 1.29 bits per heavy atom. The van der Waals surface area contributed by atoms with Crippen molar-refractivity contribution in [2.45, 2.75) is 32.6 Å². The van der Waals surface area contributed by atoms with Gasteiger partial charge < -0.3 is 19.5 Å². The normalized spacial score (nSPS) is 18.5. The summed E-state index contributed by atoms with van der Waals surface area (Å²) < 4.78 is 11.1. The van der Waals surface area contributed by atoms with Gasteiger partial charge in [-0.2, -0.15) is 5.26 Å². The predicted molar refractivity (Wildman–Crippen MR) is 112 cm³/mol. The number of hydrogen-bond acceptors (Lipinski definition) is 8. The van der Waals surface area contributed by atoms with Gasteiger partial charge in [0.15, 0.2) is 17.6 Å². The number of carbonyl (C=O) groups is 2. The van der Waals surface area contributed by atoms with Crippen molar-refractivity contribution in [2.75, 3.05) is 18.0 Å². The monoisotopic (exact) mass is 419 g/mol. The molecule has 1 aliphatic rings. The third-order valence-electron chi connectivity index (χ3n) is 5.08. The van der Waals surface area contributed by atoms with Crippen molar-refractivity contribution in [3.8, 4) is 6.07 Å². The molecule has 0 bridgehead atoms. The molecule has 4 rings (SSSR count). The van der Waals surface area contributed by atoms with Crippen molar-refractivity contribution in [1.82, 2.24) is 15.5 Å². The zero-order valence-electron chi connectivity index (χ0n) is 17.2. The SMILES string of the molecule is C[C@@H]1CN(c2cc3onc(C(=O)NCc4ccc(C#N)cc4)c3nc2C=O)C[C@H](C)O1. The average molecular weight is 419 g/mol. The van der Waals surface area contributed by atoms with E-state index in [9.17, 15) is 9.59 Å². The zero-order chi connectivity index (χ0) is 22.0. The molecule has 2 aromatic heterocycles. The van der Waals surface area contributed by atoms with Gasteiger partial charge in [0, 0.05) is 25.7 Å². The van der Waals surface area contributed by atoms with E-state index in [1.54, 1.807) is 30.3 Å². The second-order valence-electron chi connectivity index (χ2n) is 7.54. The van der Waals surface area contributed by atoms with E-state index in [0.717, 1.165) is 5.56 Å². The quantitative estimate of drug-likeness (QED) is 0.626. The third kappa shape index (κ3) is 4.25. The molecule has 0 spiro atoms. The fourth-order valence-electron chi connectivity index (χ4n) is 3.70. The van der Waals surface area contributed by atoms with E-state index in [1.165, 1.54) is 0 Å². The number of amides is 1. The molecule has 1 fully saturated rings. The van der Waals surface area contributed by atoms with Crippen LogP contribution in [0.25, 0.3) is 11.1 Å². The van der Waals surface area contributed by atoms with E-state index in [-0.39, 0.29) is 35.7 Å². The summed E-state index contributed by atoms with van der Waals surface area (Å²) in [6, 6.07) is 10.6. The highest BCUT2D eigenvalue weighted by Crippen LogP contribution is 2.28. The maximum absolute atomic E-state index is 12.6. The molecule has 1 aromatic carbocycles. The number of anilines is 1. The molecule has 31 heavy (non-hydrogen) atoms. The summed E-state index contributed by atoms with van der Waals surface area (Å²) in [6.45, 7) is 5.43. The lowest BCUT2D eigenvalue weighted by atomic mass is 10.1. The maximum atomic E-state index is 12.6. The van der Waals surface area contributed by atoms with Gasteiger partial charge in [-0.3, -0.25) is 9.59 Å². The van der Waals surface area contributed by atoms with Gasteiger partial charge in [0.05, 0.1) is 29.5 Å². The second kappa shape index (κ2) is 8.53. The summed E-state index contributed by atoms with van der Waals surface area (Å²) in [5.41, 5.74) is 2.81. The van der Waals surface area contributed by atoms with Gasteiger partial charge in [-0.05, 0) is 31.5 Å². The molecule has 1 N–H and O–H groups in total. The fraction of sp³-hybridized carbons (Fsp3) is 0.318. The van der Waals surface area contributed by atoms with Crippen LogP contribution in [0.3, 0.4) is 0 Å². The van der Waals surface area contributed by atoms with Gasteiger partial charge in [-0.1, -0.05) is 17.3 Å². The van der Waals surface area contributed by atoms with Crippen LogP contribution < -0.4 is 10.2 Å². The number of pyridine rings is 1. The molecule has 9 nitrogen and oxygen atoms in total. The zero-order valence-corrected chi connectivity index (χ0v) is 17.2. The van der Waals surface area contributed by atoms with Crippen molar-refractivity contribution in [3.63, 3.8) is 0 Å². The lowest BCUT2D eigenvalue weighted by Gasteiger charge is -2.37. The Hall–Kier alpha value is -3.77. The molecule has 9 heteroatoms. The number of aldehydes is 1. The van der Waals surface area contributed by atoms with Crippen molar-refractivity contribution in [3.05, 3.63) is 52.8 Å². The number of rotatable bonds is 5. The van der Waals surface area contributed by atoms with Gasteiger partial charge >= 0.3 is 0 Å². The minimum atomic E-state index is -0.464. The Bertz CT molecular complexity index is 1160. The number of nitrogens with zero attached hydrogens (tertiary/aromatic N) is 4. The van der Waals surface area contributed by atoms with Crippen molar-refractivity contribution in [1.29, 1.82) is 5.26 Å². The topological polar surface area (TPSA) is 121 Å².